The van der Waals surface area contributed by atoms with Crippen LogP contribution in [0.3, 0.4) is 0 Å². The minimum absolute atomic E-state index is 0.402. The van der Waals surface area contributed by atoms with Gasteiger partial charge in [0.1, 0.15) is 0 Å². The molecule has 17 heavy (non-hydrogen) atoms. The van der Waals surface area contributed by atoms with Crippen LogP contribution in [0.5, 0.6) is 0 Å². The Morgan fingerprint density at radius 3 is 2.41 bits per heavy atom. The minimum atomic E-state index is -0.597. The van der Waals surface area contributed by atoms with E-state index < -0.39 is 5.60 Å². The minimum Gasteiger partial charge on any atom is -0.385 e. The summed E-state index contributed by atoms with van der Waals surface area (Å²) in [5.74, 6) is 0.945. The Bertz CT molecular complexity index is 366. The lowest BCUT2D eigenvalue weighted by Gasteiger charge is -2.42. The van der Waals surface area contributed by atoms with E-state index in [0.717, 1.165) is 24.8 Å². The van der Waals surface area contributed by atoms with Gasteiger partial charge in [0.2, 0.25) is 0 Å². The number of hydrogen-bond donors (Lipinski definition) is 1. The highest BCUT2D eigenvalue weighted by molar-refractivity contribution is 5.27. The smallest absolute Gasteiger partial charge is 0.0927 e. The largest absolute Gasteiger partial charge is 0.385 e. The molecule has 1 N–H and O–H groups in total. The molecule has 1 saturated carbocycles. The summed E-state index contributed by atoms with van der Waals surface area (Å²) in [4.78, 5) is 0. The predicted molar refractivity (Wildman–Crippen MR) is 71.9 cm³/mol. The molecule has 0 amide bonds. The third-order valence-corrected chi connectivity index (χ3v) is 4.29. The fourth-order valence-electron chi connectivity index (χ4n) is 3.27. The SMILES string of the molecule is Cc1ccc(C2(O)CCCCC2C(C)C)cc1. The first kappa shape index (κ1) is 12.6. The predicted octanol–water partition coefficient (Wildman–Crippen LogP) is 4.03. The number of aryl methyl sites for hydroxylation is 1. The Hall–Kier alpha value is -0.820. The van der Waals surface area contributed by atoms with Gasteiger partial charge in [-0.25, -0.2) is 0 Å². The van der Waals surface area contributed by atoms with Crippen LogP contribution >= 0.6 is 0 Å². The van der Waals surface area contributed by atoms with Crippen LogP contribution in [0.2, 0.25) is 0 Å². The van der Waals surface area contributed by atoms with E-state index in [4.69, 9.17) is 0 Å². The molecule has 2 unspecified atom stereocenters. The molecule has 0 radical (unpaired) electrons. The normalized spacial score (nSPS) is 29.6. The molecule has 94 valence electrons. The molecule has 0 spiro atoms. The molecule has 1 aliphatic carbocycles. The van der Waals surface area contributed by atoms with Crippen LogP contribution in [-0.4, -0.2) is 5.11 Å². The van der Waals surface area contributed by atoms with Gasteiger partial charge in [-0.05, 0) is 37.2 Å². The van der Waals surface area contributed by atoms with E-state index in [1.807, 2.05) is 0 Å². The maximum absolute atomic E-state index is 11.1. The molecule has 2 atom stereocenters. The molecule has 1 nitrogen and oxygen atoms in total. The van der Waals surface area contributed by atoms with E-state index in [2.05, 4.69) is 45.0 Å². The van der Waals surface area contributed by atoms with Crippen LogP contribution in [0.1, 0.15) is 50.7 Å². The van der Waals surface area contributed by atoms with Crippen molar-refractivity contribution in [2.45, 2.75) is 52.1 Å². The summed E-state index contributed by atoms with van der Waals surface area (Å²) < 4.78 is 0. The highest BCUT2D eigenvalue weighted by atomic mass is 16.3. The number of benzene rings is 1. The van der Waals surface area contributed by atoms with Crippen LogP contribution in [-0.2, 0) is 5.60 Å². The maximum Gasteiger partial charge on any atom is 0.0927 e. The first-order chi connectivity index (χ1) is 8.04. The van der Waals surface area contributed by atoms with Crippen molar-refractivity contribution in [2.24, 2.45) is 11.8 Å². The van der Waals surface area contributed by atoms with Crippen molar-refractivity contribution in [2.75, 3.05) is 0 Å². The van der Waals surface area contributed by atoms with E-state index in [9.17, 15) is 5.11 Å². The summed E-state index contributed by atoms with van der Waals surface area (Å²) in [6.45, 7) is 6.55. The van der Waals surface area contributed by atoms with Crippen LogP contribution < -0.4 is 0 Å². The maximum atomic E-state index is 11.1. The zero-order chi connectivity index (χ0) is 12.5. The fraction of sp³-hybridized carbons (Fsp3) is 0.625. The van der Waals surface area contributed by atoms with E-state index in [-0.39, 0.29) is 0 Å². The lowest BCUT2D eigenvalue weighted by molar-refractivity contribution is -0.0721. The summed E-state index contributed by atoms with van der Waals surface area (Å²) >= 11 is 0. The summed E-state index contributed by atoms with van der Waals surface area (Å²) in [5, 5.41) is 11.1. The second-order valence-electron chi connectivity index (χ2n) is 5.89. The van der Waals surface area contributed by atoms with E-state index >= 15 is 0 Å². The molecule has 0 bridgehead atoms. The average Bonchev–Trinajstić information content (AvgIpc) is 2.29. The Labute approximate surface area is 105 Å². The molecule has 2 rings (SSSR count). The van der Waals surface area contributed by atoms with Gasteiger partial charge in [-0.15, -0.1) is 0 Å². The quantitative estimate of drug-likeness (QED) is 0.816. The van der Waals surface area contributed by atoms with Crippen LogP contribution in [0.4, 0.5) is 0 Å². The highest BCUT2D eigenvalue weighted by Gasteiger charge is 2.41. The second-order valence-corrected chi connectivity index (χ2v) is 5.89. The van der Waals surface area contributed by atoms with Crippen molar-refractivity contribution in [1.29, 1.82) is 0 Å². The Kier molecular flexibility index (Phi) is 3.58. The van der Waals surface area contributed by atoms with Gasteiger partial charge in [-0.1, -0.05) is 56.5 Å². The first-order valence-corrected chi connectivity index (χ1v) is 6.83. The molecule has 0 aromatic heterocycles. The highest BCUT2D eigenvalue weighted by Crippen LogP contribution is 2.45. The molecule has 1 aliphatic rings. The van der Waals surface area contributed by atoms with Gasteiger partial charge in [0.05, 0.1) is 5.60 Å². The number of rotatable bonds is 2. The summed E-state index contributed by atoms with van der Waals surface area (Å²) in [6.07, 6.45) is 4.48. The summed E-state index contributed by atoms with van der Waals surface area (Å²) in [5.41, 5.74) is 1.77. The van der Waals surface area contributed by atoms with Crippen molar-refractivity contribution in [3.05, 3.63) is 35.4 Å². The number of hydrogen-bond acceptors (Lipinski definition) is 1. The van der Waals surface area contributed by atoms with Crippen molar-refractivity contribution in [3.63, 3.8) is 0 Å². The lowest BCUT2D eigenvalue weighted by atomic mass is 9.67. The zero-order valence-corrected chi connectivity index (χ0v) is 11.2. The molecule has 0 aliphatic heterocycles. The molecular formula is C16H24O. The molecular weight excluding hydrogens is 208 g/mol. The van der Waals surface area contributed by atoms with Crippen molar-refractivity contribution >= 4 is 0 Å². The monoisotopic (exact) mass is 232 g/mol. The third kappa shape index (κ3) is 2.40. The molecule has 1 aromatic carbocycles. The summed E-state index contributed by atoms with van der Waals surface area (Å²) in [6, 6.07) is 8.44. The fourth-order valence-corrected chi connectivity index (χ4v) is 3.27. The third-order valence-electron chi connectivity index (χ3n) is 4.29. The van der Waals surface area contributed by atoms with E-state index in [1.165, 1.54) is 12.0 Å². The van der Waals surface area contributed by atoms with Gasteiger partial charge in [-0.3, -0.25) is 0 Å². The molecule has 1 aromatic rings. The molecule has 0 saturated heterocycles. The molecule has 1 fully saturated rings. The van der Waals surface area contributed by atoms with Crippen molar-refractivity contribution in [1.82, 2.24) is 0 Å². The van der Waals surface area contributed by atoms with E-state index in [1.54, 1.807) is 0 Å². The van der Waals surface area contributed by atoms with Gasteiger partial charge in [-0.2, -0.15) is 0 Å². The van der Waals surface area contributed by atoms with Crippen LogP contribution in [0.25, 0.3) is 0 Å². The Morgan fingerprint density at radius 2 is 1.82 bits per heavy atom. The van der Waals surface area contributed by atoms with E-state index in [0.29, 0.717) is 11.8 Å². The summed E-state index contributed by atoms with van der Waals surface area (Å²) in [7, 11) is 0. The molecule has 1 heteroatoms. The van der Waals surface area contributed by atoms with Crippen molar-refractivity contribution in [3.8, 4) is 0 Å². The van der Waals surface area contributed by atoms with Gasteiger partial charge >= 0.3 is 0 Å². The zero-order valence-electron chi connectivity index (χ0n) is 11.2. The van der Waals surface area contributed by atoms with Gasteiger partial charge in [0.15, 0.2) is 0 Å². The topological polar surface area (TPSA) is 20.2 Å². The standard InChI is InChI=1S/C16H24O/c1-12(2)15-6-4-5-11-16(15,17)14-9-7-13(3)8-10-14/h7-10,12,15,17H,4-6,11H2,1-3H3. The second kappa shape index (κ2) is 4.81. The van der Waals surface area contributed by atoms with Gasteiger partial charge in [0.25, 0.3) is 0 Å². The first-order valence-electron chi connectivity index (χ1n) is 6.83. The van der Waals surface area contributed by atoms with Crippen LogP contribution in [0.15, 0.2) is 24.3 Å². The lowest BCUT2D eigenvalue weighted by Crippen LogP contribution is -2.40. The Morgan fingerprint density at radius 1 is 1.18 bits per heavy atom. The van der Waals surface area contributed by atoms with Gasteiger partial charge in [0, 0.05) is 0 Å². The van der Waals surface area contributed by atoms with Crippen molar-refractivity contribution < 1.29 is 5.11 Å². The average molecular weight is 232 g/mol. The number of aliphatic hydroxyl groups is 1. The van der Waals surface area contributed by atoms with Gasteiger partial charge < -0.3 is 5.11 Å². The molecule has 0 heterocycles. The van der Waals surface area contributed by atoms with Crippen LogP contribution in [0, 0.1) is 18.8 Å². The Balaban J connectivity index is 2.34.